The average Bonchev–Trinajstić information content (AvgIpc) is 2.47. The van der Waals surface area contributed by atoms with Gasteiger partial charge in [0.05, 0.1) is 12.8 Å². The molecule has 2 heterocycles. The van der Waals surface area contributed by atoms with Crippen LogP contribution in [0.15, 0.2) is 30.5 Å². The van der Waals surface area contributed by atoms with E-state index in [0.29, 0.717) is 5.92 Å². The molecule has 3 nitrogen and oxygen atoms in total. The van der Waals surface area contributed by atoms with Gasteiger partial charge in [-0.1, -0.05) is 6.07 Å². The molecule has 1 fully saturated rings. The minimum atomic E-state index is 0.571. The van der Waals surface area contributed by atoms with Crippen LogP contribution in [-0.2, 0) is 0 Å². The zero-order chi connectivity index (χ0) is 12.4. The lowest BCUT2D eigenvalue weighted by Gasteiger charge is -2.23. The first-order valence-electron chi connectivity index (χ1n) is 6.52. The molecular weight excluding hydrogens is 224 g/mol. The van der Waals surface area contributed by atoms with Crippen LogP contribution in [0.25, 0.3) is 10.8 Å². The fourth-order valence-electron chi connectivity index (χ4n) is 2.72. The Morgan fingerprint density at radius 1 is 1.22 bits per heavy atom. The van der Waals surface area contributed by atoms with E-state index >= 15 is 0 Å². The molecule has 0 amide bonds. The largest absolute Gasteiger partial charge is 0.497 e. The molecule has 0 spiro atoms. The highest BCUT2D eigenvalue weighted by Gasteiger charge is 2.18. The Bertz CT molecular complexity index is 547. The number of rotatable bonds is 2. The van der Waals surface area contributed by atoms with Crippen molar-refractivity contribution in [2.45, 2.75) is 18.8 Å². The first kappa shape index (κ1) is 11.5. The molecule has 3 rings (SSSR count). The molecule has 1 N–H and O–H groups in total. The summed E-state index contributed by atoms with van der Waals surface area (Å²) >= 11 is 0. The van der Waals surface area contributed by atoms with Crippen LogP contribution in [-0.4, -0.2) is 25.2 Å². The standard InChI is InChI=1S/C15H18N2O/c1-18-13-3-2-11-6-9-17-15(14(11)10-13)12-4-7-16-8-5-12/h2-3,6,9-10,12,16H,4-5,7-8H2,1H3. The second kappa shape index (κ2) is 4.94. The topological polar surface area (TPSA) is 34.1 Å². The van der Waals surface area contributed by atoms with Crippen molar-refractivity contribution in [3.05, 3.63) is 36.2 Å². The normalized spacial score (nSPS) is 16.9. The molecule has 0 unspecified atom stereocenters. The average molecular weight is 242 g/mol. The van der Waals surface area contributed by atoms with Gasteiger partial charge in [0, 0.05) is 17.5 Å². The van der Waals surface area contributed by atoms with Gasteiger partial charge in [0.1, 0.15) is 5.75 Å². The third-order valence-corrected chi connectivity index (χ3v) is 3.73. The molecule has 1 aliphatic rings. The van der Waals surface area contributed by atoms with E-state index in [1.807, 2.05) is 12.3 Å². The molecule has 0 aliphatic carbocycles. The molecule has 0 bridgehead atoms. The van der Waals surface area contributed by atoms with E-state index in [1.54, 1.807) is 7.11 Å². The summed E-state index contributed by atoms with van der Waals surface area (Å²) in [6.07, 6.45) is 4.26. The second-order valence-electron chi connectivity index (χ2n) is 4.81. The van der Waals surface area contributed by atoms with E-state index in [9.17, 15) is 0 Å². The fourth-order valence-corrected chi connectivity index (χ4v) is 2.72. The Hall–Kier alpha value is -1.61. The van der Waals surface area contributed by atoms with Crippen LogP contribution in [0.5, 0.6) is 5.75 Å². The van der Waals surface area contributed by atoms with Gasteiger partial charge in [-0.05, 0) is 49.5 Å². The number of benzene rings is 1. The van der Waals surface area contributed by atoms with Crippen LogP contribution in [0.3, 0.4) is 0 Å². The maximum absolute atomic E-state index is 5.32. The van der Waals surface area contributed by atoms with Gasteiger partial charge < -0.3 is 10.1 Å². The van der Waals surface area contributed by atoms with Crippen molar-refractivity contribution in [3.63, 3.8) is 0 Å². The first-order chi connectivity index (χ1) is 8.88. The van der Waals surface area contributed by atoms with Gasteiger partial charge in [-0.3, -0.25) is 4.98 Å². The van der Waals surface area contributed by atoms with Gasteiger partial charge in [0.2, 0.25) is 0 Å². The minimum Gasteiger partial charge on any atom is -0.497 e. The molecule has 1 aromatic heterocycles. The summed E-state index contributed by atoms with van der Waals surface area (Å²) in [5.41, 5.74) is 1.23. The maximum Gasteiger partial charge on any atom is 0.119 e. The molecule has 1 aliphatic heterocycles. The molecule has 94 valence electrons. The van der Waals surface area contributed by atoms with E-state index in [4.69, 9.17) is 4.74 Å². The lowest BCUT2D eigenvalue weighted by molar-refractivity contribution is 0.415. The predicted octanol–water partition coefficient (Wildman–Crippen LogP) is 2.71. The highest BCUT2D eigenvalue weighted by Crippen LogP contribution is 2.31. The van der Waals surface area contributed by atoms with Crippen LogP contribution in [0.4, 0.5) is 0 Å². The monoisotopic (exact) mass is 242 g/mol. The van der Waals surface area contributed by atoms with Crippen molar-refractivity contribution in [1.29, 1.82) is 0 Å². The van der Waals surface area contributed by atoms with Crippen LogP contribution in [0.2, 0.25) is 0 Å². The van der Waals surface area contributed by atoms with E-state index < -0.39 is 0 Å². The molecule has 1 aromatic carbocycles. The van der Waals surface area contributed by atoms with Crippen LogP contribution < -0.4 is 10.1 Å². The number of hydrogen-bond donors (Lipinski definition) is 1. The van der Waals surface area contributed by atoms with Crippen molar-refractivity contribution in [1.82, 2.24) is 10.3 Å². The van der Waals surface area contributed by atoms with Gasteiger partial charge >= 0.3 is 0 Å². The summed E-state index contributed by atoms with van der Waals surface area (Å²) in [6, 6.07) is 8.30. The van der Waals surface area contributed by atoms with Crippen LogP contribution in [0, 0.1) is 0 Å². The van der Waals surface area contributed by atoms with Crippen molar-refractivity contribution in [3.8, 4) is 5.75 Å². The van der Waals surface area contributed by atoms with Crippen LogP contribution >= 0.6 is 0 Å². The van der Waals surface area contributed by atoms with E-state index in [1.165, 1.54) is 29.3 Å². The van der Waals surface area contributed by atoms with Crippen molar-refractivity contribution >= 4 is 10.8 Å². The Labute approximate surface area is 107 Å². The Morgan fingerprint density at radius 2 is 2.06 bits per heavy atom. The molecule has 0 saturated carbocycles. The number of piperidine rings is 1. The number of nitrogens with zero attached hydrogens (tertiary/aromatic N) is 1. The molecule has 18 heavy (non-hydrogen) atoms. The minimum absolute atomic E-state index is 0.571. The van der Waals surface area contributed by atoms with Crippen LogP contribution in [0.1, 0.15) is 24.5 Å². The maximum atomic E-state index is 5.32. The fraction of sp³-hybridized carbons (Fsp3) is 0.400. The number of pyridine rings is 1. The number of methoxy groups -OCH3 is 1. The zero-order valence-electron chi connectivity index (χ0n) is 10.6. The summed E-state index contributed by atoms with van der Waals surface area (Å²) in [7, 11) is 1.71. The van der Waals surface area contributed by atoms with Gasteiger partial charge in [-0.15, -0.1) is 0 Å². The van der Waals surface area contributed by atoms with Gasteiger partial charge in [-0.2, -0.15) is 0 Å². The lowest BCUT2D eigenvalue weighted by Crippen LogP contribution is -2.27. The highest BCUT2D eigenvalue weighted by atomic mass is 16.5. The quantitative estimate of drug-likeness (QED) is 0.879. The first-order valence-corrected chi connectivity index (χ1v) is 6.52. The highest BCUT2D eigenvalue weighted by molar-refractivity contribution is 5.86. The predicted molar refractivity (Wildman–Crippen MR) is 73.1 cm³/mol. The smallest absolute Gasteiger partial charge is 0.119 e. The molecule has 2 aromatic rings. The van der Waals surface area contributed by atoms with Crippen molar-refractivity contribution in [2.75, 3.05) is 20.2 Å². The number of hydrogen-bond acceptors (Lipinski definition) is 3. The van der Waals surface area contributed by atoms with Crippen molar-refractivity contribution in [2.24, 2.45) is 0 Å². The summed E-state index contributed by atoms with van der Waals surface area (Å²) in [5.74, 6) is 1.48. The Kier molecular flexibility index (Phi) is 3.15. The SMILES string of the molecule is COc1ccc2ccnc(C3CCNCC3)c2c1. The number of fused-ring (bicyclic) bond motifs is 1. The van der Waals surface area contributed by atoms with Gasteiger partial charge in [-0.25, -0.2) is 0 Å². The summed E-state index contributed by atoms with van der Waals surface area (Å²) in [6.45, 7) is 2.18. The molecular formula is C15H18N2O. The molecule has 0 atom stereocenters. The van der Waals surface area contributed by atoms with E-state index in [0.717, 1.165) is 18.8 Å². The second-order valence-corrected chi connectivity index (χ2v) is 4.81. The molecule has 0 radical (unpaired) electrons. The Balaban J connectivity index is 2.09. The number of nitrogens with one attached hydrogen (secondary N) is 1. The third kappa shape index (κ3) is 2.06. The molecule has 3 heteroatoms. The van der Waals surface area contributed by atoms with E-state index in [2.05, 4.69) is 28.5 Å². The summed E-state index contributed by atoms with van der Waals surface area (Å²) in [5, 5.41) is 5.89. The molecule has 1 saturated heterocycles. The number of aromatic nitrogens is 1. The lowest BCUT2D eigenvalue weighted by atomic mass is 9.91. The van der Waals surface area contributed by atoms with E-state index in [-0.39, 0.29) is 0 Å². The number of ether oxygens (including phenoxy) is 1. The van der Waals surface area contributed by atoms with Gasteiger partial charge in [0.25, 0.3) is 0 Å². The van der Waals surface area contributed by atoms with Gasteiger partial charge in [0.15, 0.2) is 0 Å². The Morgan fingerprint density at radius 3 is 2.83 bits per heavy atom. The summed E-state index contributed by atoms with van der Waals surface area (Å²) in [4.78, 5) is 4.62. The third-order valence-electron chi connectivity index (χ3n) is 3.73. The zero-order valence-corrected chi connectivity index (χ0v) is 10.6. The van der Waals surface area contributed by atoms with Crippen molar-refractivity contribution < 1.29 is 4.74 Å². The summed E-state index contributed by atoms with van der Waals surface area (Å²) < 4.78 is 5.32.